The summed E-state index contributed by atoms with van der Waals surface area (Å²) < 4.78 is 0. The Labute approximate surface area is 103 Å². The first-order chi connectivity index (χ1) is 8.18. The Morgan fingerprint density at radius 2 is 2.00 bits per heavy atom. The Morgan fingerprint density at radius 1 is 1.29 bits per heavy atom. The molecule has 1 aliphatic carbocycles. The predicted octanol–water partition coefficient (Wildman–Crippen LogP) is 1.30. The number of piperazine rings is 1. The lowest BCUT2D eigenvalue weighted by atomic mass is 10.0. The van der Waals surface area contributed by atoms with Gasteiger partial charge in [-0.25, -0.2) is 0 Å². The van der Waals surface area contributed by atoms with Gasteiger partial charge in [-0.15, -0.1) is 0 Å². The standard InChI is InChI=1S/C13H22N2O2/c1-10-13(17)14-9-12(16)15(10)8-4-7-11-5-2-3-6-11/h10-11H,2-9H2,1H3,(H,14,17). The van der Waals surface area contributed by atoms with Crippen LogP contribution in [0.5, 0.6) is 0 Å². The Bertz CT molecular complexity index is 298. The minimum absolute atomic E-state index is 0.0227. The van der Waals surface area contributed by atoms with Gasteiger partial charge in [0.1, 0.15) is 6.04 Å². The summed E-state index contributed by atoms with van der Waals surface area (Å²) in [6.45, 7) is 2.72. The average Bonchev–Trinajstić information content (AvgIpc) is 2.81. The first kappa shape index (κ1) is 12.4. The molecule has 1 N–H and O–H groups in total. The van der Waals surface area contributed by atoms with Crippen LogP contribution in [0.1, 0.15) is 45.4 Å². The maximum absolute atomic E-state index is 11.7. The largest absolute Gasteiger partial charge is 0.345 e. The van der Waals surface area contributed by atoms with Gasteiger partial charge in [-0.05, 0) is 25.7 Å². The zero-order chi connectivity index (χ0) is 12.3. The van der Waals surface area contributed by atoms with Gasteiger partial charge in [0.25, 0.3) is 0 Å². The highest BCUT2D eigenvalue weighted by atomic mass is 16.2. The van der Waals surface area contributed by atoms with Crippen molar-refractivity contribution in [2.45, 2.75) is 51.5 Å². The third-order valence-corrected chi connectivity index (χ3v) is 4.07. The fourth-order valence-corrected chi connectivity index (χ4v) is 2.94. The van der Waals surface area contributed by atoms with Crippen molar-refractivity contribution in [3.63, 3.8) is 0 Å². The highest BCUT2D eigenvalue weighted by molar-refractivity contribution is 5.94. The summed E-state index contributed by atoms with van der Waals surface area (Å²) in [5.41, 5.74) is 0. The van der Waals surface area contributed by atoms with E-state index in [1.54, 1.807) is 4.90 Å². The summed E-state index contributed by atoms with van der Waals surface area (Å²) >= 11 is 0. The van der Waals surface area contributed by atoms with Crippen LogP contribution in [-0.4, -0.2) is 35.8 Å². The zero-order valence-corrected chi connectivity index (χ0v) is 10.6. The number of rotatable bonds is 4. The minimum Gasteiger partial charge on any atom is -0.345 e. The molecule has 2 rings (SSSR count). The summed E-state index contributed by atoms with van der Waals surface area (Å²) in [5, 5.41) is 2.61. The number of hydrogen-bond acceptors (Lipinski definition) is 2. The first-order valence-electron chi connectivity index (χ1n) is 6.75. The van der Waals surface area contributed by atoms with E-state index in [0.29, 0.717) is 0 Å². The molecule has 2 aliphatic rings. The number of carbonyl (C=O) groups is 2. The van der Waals surface area contributed by atoms with Gasteiger partial charge in [-0.1, -0.05) is 25.7 Å². The van der Waals surface area contributed by atoms with Crippen molar-refractivity contribution in [3.05, 3.63) is 0 Å². The molecule has 4 nitrogen and oxygen atoms in total. The van der Waals surface area contributed by atoms with Crippen molar-refractivity contribution in [1.82, 2.24) is 10.2 Å². The number of nitrogens with one attached hydrogen (secondary N) is 1. The van der Waals surface area contributed by atoms with E-state index in [9.17, 15) is 9.59 Å². The van der Waals surface area contributed by atoms with Crippen LogP contribution in [-0.2, 0) is 9.59 Å². The minimum atomic E-state index is -0.292. The van der Waals surface area contributed by atoms with Gasteiger partial charge in [0.2, 0.25) is 11.8 Å². The van der Waals surface area contributed by atoms with E-state index in [4.69, 9.17) is 0 Å². The number of hydrogen-bond donors (Lipinski definition) is 1. The van der Waals surface area contributed by atoms with E-state index in [0.717, 1.165) is 18.9 Å². The molecule has 1 saturated heterocycles. The molecular weight excluding hydrogens is 216 g/mol. The van der Waals surface area contributed by atoms with Crippen molar-refractivity contribution in [2.24, 2.45) is 5.92 Å². The van der Waals surface area contributed by atoms with Crippen molar-refractivity contribution < 1.29 is 9.59 Å². The Balaban J connectivity index is 1.76. The maximum atomic E-state index is 11.7. The van der Waals surface area contributed by atoms with Gasteiger partial charge < -0.3 is 10.2 Å². The topological polar surface area (TPSA) is 49.4 Å². The van der Waals surface area contributed by atoms with Gasteiger partial charge in [0.15, 0.2) is 0 Å². The molecule has 2 fully saturated rings. The van der Waals surface area contributed by atoms with Crippen LogP contribution >= 0.6 is 0 Å². The van der Waals surface area contributed by atoms with E-state index < -0.39 is 0 Å². The molecule has 2 amide bonds. The summed E-state index contributed by atoms with van der Waals surface area (Å²) in [6.07, 6.45) is 7.68. The molecule has 0 aromatic heterocycles. The Morgan fingerprint density at radius 3 is 2.71 bits per heavy atom. The average molecular weight is 238 g/mol. The molecule has 4 heteroatoms. The van der Waals surface area contributed by atoms with Crippen molar-refractivity contribution >= 4 is 11.8 Å². The Hall–Kier alpha value is -1.06. The van der Waals surface area contributed by atoms with Crippen LogP contribution in [0.25, 0.3) is 0 Å². The van der Waals surface area contributed by atoms with Crippen LogP contribution < -0.4 is 5.32 Å². The van der Waals surface area contributed by atoms with Crippen molar-refractivity contribution in [1.29, 1.82) is 0 Å². The Kier molecular flexibility index (Phi) is 4.02. The normalized spacial score (nSPS) is 26.4. The maximum Gasteiger partial charge on any atom is 0.242 e. The fraction of sp³-hybridized carbons (Fsp3) is 0.846. The number of amides is 2. The van der Waals surface area contributed by atoms with Gasteiger partial charge in [-0.3, -0.25) is 9.59 Å². The monoisotopic (exact) mass is 238 g/mol. The van der Waals surface area contributed by atoms with Crippen molar-refractivity contribution in [3.8, 4) is 0 Å². The summed E-state index contributed by atoms with van der Waals surface area (Å²) in [6, 6.07) is -0.292. The lowest BCUT2D eigenvalue weighted by molar-refractivity contribution is -0.144. The molecule has 0 bridgehead atoms. The lowest BCUT2D eigenvalue weighted by Gasteiger charge is -2.32. The molecular formula is C13H22N2O2. The summed E-state index contributed by atoms with van der Waals surface area (Å²) in [7, 11) is 0. The van der Waals surface area contributed by atoms with E-state index in [1.165, 1.54) is 32.1 Å². The predicted molar refractivity (Wildman–Crippen MR) is 65.4 cm³/mol. The molecule has 96 valence electrons. The summed E-state index contributed by atoms with van der Waals surface area (Å²) in [5.74, 6) is 0.896. The molecule has 0 spiro atoms. The highest BCUT2D eigenvalue weighted by Gasteiger charge is 2.30. The molecule has 1 saturated carbocycles. The van der Waals surface area contributed by atoms with Gasteiger partial charge in [0, 0.05) is 6.54 Å². The van der Waals surface area contributed by atoms with Crippen LogP contribution in [0, 0.1) is 5.92 Å². The van der Waals surface area contributed by atoms with E-state index in [1.807, 2.05) is 6.92 Å². The zero-order valence-electron chi connectivity index (χ0n) is 10.6. The second-order valence-electron chi connectivity index (χ2n) is 5.27. The SMILES string of the molecule is CC1C(=O)NCC(=O)N1CCCC1CCCC1. The van der Waals surface area contributed by atoms with Gasteiger partial charge in [-0.2, -0.15) is 0 Å². The smallest absolute Gasteiger partial charge is 0.242 e. The number of carbonyl (C=O) groups excluding carboxylic acids is 2. The molecule has 0 aromatic carbocycles. The summed E-state index contributed by atoms with van der Waals surface area (Å²) in [4.78, 5) is 24.9. The van der Waals surface area contributed by atoms with E-state index in [2.05, 4.69) is 5.32 Å². The van der Waals surface area contributed by atoms with Crippen LogP contribution in [0.2, 0.25) is 0 Å². The van der Waals surface area contributed by atoms with E-state index >= 15 is 0 Å². The van der Waals surface area contributed by atoms with E-state index in [-0.39, 0.29) is 24.4 Å². The molecule has 0 aromatic rings. The molecule has 1 aliphatic heterocycles. The molecule has 17 heavy (non-hydrogen) atoms. The van der Waals surface area contributed by atoms with Gasteiger partial charge in [0.05, 0.1) is 6.54 Å². The molecule has 1 heterocycles. The molecule has 1 unspecified atom stereocenters. The molecule has 1 atom stereocenters. The first-order valence-corrected chi connectivity index (χ1v) is 6.75. The highest BCUT2D eigenvalue weighted by Crippen LogP contribution is 2.28. The van der Waals surface area contributed by atoms with Crippen LogP contribution in [0.4, 0.5) is 0 Å². The molecule has 0 radical (unpaired) electrons. The third-order valence-electron chi connectivity index (χ3n) is 4.07. The fourth-order valence-electron chi connectivity index (χ4n) is 2.94. The van der Waals surface area contributed by atoms with Crippen LogP contribution in [0.3, 0.4) is 0 Å². The second kappa shape index (κ2) is 5.52. The lowest BCUT2D eigenvalue weighted by Crippen LogP contribution is -2.57. The van der Waals surface area contributed by atoms with Gasteiger partial charge >= 0.3 is 0 Å². The second-order valence-corrected chi connectivity index (χ2v) is 5.27. The number of nitrogens with zero attached hydrogens (tertiary/aromatic N) is 1. The van der Waals surface area contributed by atoms with Crippen molar-refractivity contribution in [2.75, 3.05) is 13.1 Å². The third kappa shape index (κ3) is 2.99. The van der Waals surface area contributed by atoms with Crippen LogP contribution in [0.15, 0.2) is 0 Å². The quantitative estimate of drug-likeness (QED) is 0.802.